The van der Waals surface area contributed by atoms with Crippen molar-refractivity contribution in [1.82, 2.24) is 5.06 Å². The van der Waals surface area contributed by atoms with E-state index in [-0.39, 0.29) is 12.7 Å². The number of carbonyl (C=O) groups is 1. The predicted octanol–water partition coefficient (Wildman–Crippen LogP) is 3.48. The summed E-state index contributed by atoms with van der Waals surface area (Å²) in [7, 11) is 1.54. The molecule has 7 nitrogen and oxygen atoms in total. The number of hydrogen-bond acceptors (Lipinski definition) is 6. The molecule has 1 aromatic rings. The molecular formula is C23H31NO6. The molecule has 1 aliphatic carbocycles. The van der Waals surface area contributed by atoms with Gasteiger partial charge in [0.25, 0.3) is 5.91 Å². The van der Waals surface area contributed by atoms with Gasteiger partial charge < -0.3 is 18.9 Å². The Bertz CT molecular complexity index is 812. The number of amides is 1. The zero-order valence-electron chi connectivity index (χ0n) is 18.3. The van der Waals surface area contributed by atoms with Gasteiger partial charge in [0, 0.05) is 19.4 Å². The van der Waals surface area contributed by atoms with Gasteiger partial charge in [0.2, 0.25) is 0 Å². The van der Waals surface area contributed by atoms with Crippen LogP contribution in [-0.4, -0.2) is 56.0 Å². The molecule has 1 aromatic carbocycles. The molecule has 0 aromatic heterocycles. The first-order valence-electron chi connectivity index (χ1n) is 10.7. The van der Waals surface area contributed by atoms with Gasteiger partial charge in [0.1, 0.15) is 11.3 Å². The monoisotopic (exact) mass is 417 g/mol. The number of hydroxylamine groups is 2. The van der Waals surface area contributed by atoms with Gasteiger partial charge in [-0.05, 0) is 50.3 Å². The molecule has 30 heavy (non-hydrogen) atoms. The number of ether oxygens (including phenoxy) is 4. The minimum atomic E-state index is -0.701. The van der Waals surface area contributed by atoms with Crippen molar-refractivity contribution in [2.75, 3.05) is 33.7 Å². The lowest BCUT2D eigenvalue weighted by atomic mass is 9.77. The molecule has 1 saturated carbocycles. The van der Waals surface area contributed by atoms with Crippen molar-refractivity contribution >= 4 is 11.5 Å². The van der Waals surface area contributed by atoms with Crippen LogP contribution in [-0.2, 0) is 28.6 Å². The maximum absolute atomic E-state index is 13.6. The SMILES string of the molecule is CCOCOC1=C(c2c(C)cccc2C)C(=O)N(OC)C12CCC1(CC2)OCCO1. The number of aryl methyl sites for hydroxylation is 2. The topological polar surface area (TPSA) is 66.5 Å². The molecular weight excluding hydrogens is 386 g/mol. The second-order valence-corrected chi connectivity index (χ2v) is 8.15. The van der Waals surface area contributed by atoms with Crippen molar-refractivity contribution in [2.45, 2.75) is 57.8 Å². The highest BCUT2D eigenvalue weighted by Crippen LogP contribution is 2.52. The van der Waals surface area contributed by atoms with E-state index in [2.05, 4.69) is 0 Å². The molecule has 0 bridgehead atoms. The lowest BCUT2D eigenvalue weighted by Crippen LogP contribution is -2.53. The third-order valence-electron chi connectivity index (χ3n) is 6.49. The van der Waals surface area contributed by atoms with E-state index >= 15 is 0 Å². The lowest BCUT2D eigenvalue weighted by molar-refractivity contribution is -0.235. The molecule has 0 atom stereocenters. The minimum Gasteiger partial charge on any atom is -0.468 e. The molecule has 0 N–H and O–H groups in total. The average molecular weight is 418 g/mol. The Hall–Kier alpha value is -1.93. The van der Waals surface area contributed by atoms with Gasteiger partial charge in [-0.3, -0.25) is 9.63 Å². The van der Waals surface area contributed by atoms with Crippen LogP contribution in [0.5, 0.6) is 0 Å². The molecule has 3 aliphatic rings. The van der Waals surface area contributed by atoms with Crippen LogP contribution in [0.1, 0.15) is 49.3 Å². The first kappa shape index (κ1) is 21.3. The van der Waals surface area contributed by atoms with E-state index in [4.69, 9.17) is 23.8 Å². The Kier molecular flexibility index (Phi) is 5.90. The number of benzene rings is 1. The van der Waals surface area contributed by atoms with Gasteiger partial charge >= 0.3 is 0 Å². The van der Waals surface area contributed by atoms with E-state index in [1.165, 1.54) is 5.06 Å². The summed E-state index contributed by atoms with van der Waals surface area (Å²) in [5.74, 6) is -0.0984. The number of hydrogen-bond donors (Lipinski definition) is 0. The quantitative estimate of drug-likeness (QED) is 0.522. The molecule has 7 heteroatoms. The lowest BCUT2D eigenvalue weighted by Gasteiger charge is -2.45. The van der Waals surface area contributed by atoms with Crippen molar-refractivity contribution in [1.29, 1.82) is 0 Å². The number of rotatable bonds is 6. The molecule has 0 radical (unpaired) electrons. The molecule has 164 valence electrons. The molecule has 2 aliphatic heterocycles. The normalized spacial score (nSPS) is 22.5. The van der Waals surface area contributed by atoms with Gasteiger partial charge in [0.05, 0.1) is 25.9 Å². The first-order chi connectivity index (χ1) is 14.5. The van der Waals surface area contributed by atoms with Crippen molar-refractivity contribution in [3.63, 3.8) is 0 Å². The molecule has 2 heterocycles. The second-order valence-electron chi connectivity index (χ2n) is 8.15. The Labute approximate surface area is 177 Å². The van der Waals surface area contributed by atoms with Crippen LogP contribution in [0.4, 0.5) is 0 Å². The Balaban J connectivity index is 1.80. The summed E-state index contributed by atoms with van der Waals surface area (Å²) in [5, 5.41) is 1.50. The van der Waals surface area contributed by atoms with Gasteiger partial charge in [-0.1, -0.05) is 18.2 Å². The van der Waals surface area contributed by atoms with E-state index in [1.807, 2.05) is 39.0 Å². The summed E-state index contributed by atoms with van der Waals surface area (Å²) in [6, 6.07) is 6.03. The summed E-state index contributed by atoms with van der Waals surface area (Å²) in [6.07, 6.45) is 2.59. The van der Waals surface area contributed by atoms with Gasteiger partial charge in [-0.25, -0.2) is 5.06 Å². The second kappa shape index (κ2) is 8.30. The maximum Gasteiger partial charge on any atom is 0.282 e. The fourth-order valence-corrected chi connectivity index (χ4v) is 5.06. The van der Waals surface area contributed by atoms with E-state index in [0.717, 1.165) is 16.7 Å². The van der Waals surface area contributed by atoms with Crippen LogP contribution in [0.2, 0.25) is 0 Å². The van der Waals surface area contributed by atoms with Gasteiger partial charge in [-0.2, -0.15) is 0 Å². The van der Waals surface area contributed by atoms with Crippen molar-refractivity contribution in [2.24, 2.45) is 0 Å². The number of nitrogens with zero attached hydrogens (tertiary/aromatic N) is 1. The van der Waals surface area contributed by atoms with Crippen molar-refractivity contribution < 1.29 is 28.6 Å². The summed E-state index contributed by atoms with van der Waals surface area (Å²) < 4.78 is 23.5. The molecule has 2 spiro atoms. The third-order valence-corrected chi connectivity index (χ3v) is 6.49. The average Bonchev–Trinajstić information content (AvgIpc) is 3.27. The summed E-state index contributed by atoms with van der Waals surface area (Å²) in [6.45, 7) is 7.78. The summed E-state index contributed by atoms with van der Waals surface area (Å²) >= 11 is 0. The van der Waals surface area contributed by atoms with Crippen LogP contribution in [0.15, 0.2) is 24.0 Å². The van der Waals surface area contributed by atoms with Crippen LogP contribution >= 0.6 is 0 Å². The molecule has 4 rings (SSSR count). The van der Waals surface area contributed by atoms with Crippen LogP contribution in [0.3, 0.4) is 0 Å². The summed E-state index contributed by atoms with van der Waals surface area (Å²) in [5.41, 5.74) is 2.82. The molecule has 0 unspecified atom stereocenters. The highest BCUT2D eigenvalue weighted by atomic mass is 16.7. The third kappa shape index (κ3) is 3.34. The van der Waals surface area contributed by atoms with Crippen LogP contribution < -0.4 is 0 Å². The predicted molar refractivity (Wildman–Crippen MR) is 110 cm³/mol. The van der Waals surface area contributed by atoms with E-state index in [9.17, 15) is 4.79 Å². The summed E-state index contributed by atoms with van der Waals surface area (Å²) in [4.78, 5) is 19.3. The first-order valence-corrected chi connectivity index (χ1v) is 10.7. The van der Waals surface area contributed by atoms with Gasteiger partial charge in [0.15, 0.2) is 12.6 Å². The minimum absolute atomic E-state index is 0.0883. The fraction of sp³-hybridized carbons (Fsp3) is 0.609. The zero-order valence-corrected chi connectivity index (χ0v) is 18.3. The van der Waals surface area contributed by atoms with Crippen molar-refractivity contribution in [3.05, 3.63) is 40.6 Å². The van der Waals surface area contributed by atoms with E-state index < -0.39 is 11.3 Å². The number of carbonyl (C=O) groups excluding carboxylic acids is 1. The zero-order chi connectivity index (χ0) is 21.4. The van der Waals surface area contributed by atoms with Crippen molar-refractivity contribution in [3.8, 4) is 0 Å². The van der Waals surface area contributed by atoms with E-state index in [1.54, 1.807) is 7.11 Å². The van der Waals surface area contributed by atoms with E-state index in [0.29, 0.717) is 56.8 Å². The van der Waals surface area contributed by atoms with Crippen LogP contribution in [0, 0.1) is 13.8 Å². The highest BCUT2D eigenvalue weighted by Gasteiger charge is 2.59. The molecule has 2 fully saturated rings. The molecule has 1 saturated heterocycles. The highest BCUT2D eigenvalue weighted by molar-refractivity contribution is 6.23. The maximum atomic E-state index is 13.6. The standard InChI is InChI=1S/C23H31NO6/c1-5-27-15-28-20-19(18-16(2)7-6-8-17(18)3)21(25)24(26-4)22(20)9-11-23(12-10-22)29-13-14-30-23/h6-8H,5,9-15H2,1-4H3. The van der Waals surface area contributed by atoms with Gasteiger partial charge in [-0.15, -0.1) is 0 Å². The Morgan fingerprint density at radius 3 is 2.27 bits per heavy atom. The fourth-order valence-electron chi connectivity index (χ4n) is 5.06. The Morgan fingerprint density at radius 1 is 1.07 bits per heavy atom. The van der Waals surface area contributed by atoms with Crippen LogP contribution in [0.25, 0.3) is 5.57 Å². The Morgan fingerprint density at radius 2 is 1.70 bits per heavy atom. The largest absolute Gasteiger partial charge is 0.468 e. The molecule has 1 amide bonds. The smallest absolute Gasteiger partial charge is 0.282 e.